The summed E-state index contributed by atoms with van der Waals surface area (Å²) in [4.78, 5) is 26.7. The van der Waals surface area contributed by atoms with Crippen molar-refractivity contribution in [1.29, 1.82) is 0 Å². The van der Waals surface area contributed by atoms with Gasteiger partial charge in [-0.05, 0) is 52.2 Å². The van der Waals surface area contributed by atoms with Crippen molar-refractivity contribution in [3.8, 4) is 5.88 Å². The Hall–Kier alpha value is -3.28. The molecular weight excluding hydrogens is 517 g/mol. The molecule has 0 fully saturated rings. The normalized spacial score (nSPS) is 13.8. The SMILES string of the molecule is Cc1cc(Cn2nc(C(F)(F)F)cc2OC(F)F)ccc1N1C(=O)c2cccc(Br)c2C1=O. The number of amides is 2. The Morgan fingerprint density at radius 3 is 2.42 bits per heavy atom. The number of hydrogen-bond acceptors (Lipinski definition) is 4. The summed E-state index contributed by atoms with van der Waals surface area (Å²) in [7, 11) is 0. The van der Waals surface area contributed by atoms with Crippen LogP contribution in [0.5, 0.6) is 5.88 Å². The highest BCUT2D eigenvalue weighted by molar-refractivity contribution is 9.10. The van der Waals surface area contributed by atoms with E-state index in [1.807, 2.05) is 0 Å². The molecule has 4 rings (SSSR count). The van der Waals surface area contributed by atoms with Gasteiger partial charge in [0.2, 0.25) is 5.88 Å². The highest BCUT2D eigenvalue weighted by Crippen LogP contribution is 2.35. The fourth-order valence-corrected chi connectivity index (χ4v) is 4.08. The first-order valence-electron chi connectivity index (χ1n) is 9.34. The molecule has 2 aromatic carbocycles. The molecule has 0 unspecified atom stereocenters. The first kappa shape index (κ1) is 22.9. The molecule has 0 radical (unpaired) electrons. The van der Waals surface area contributed by atoms with Crippen LogP contribution in [-0.4, -0.2) is 28.2 Å². The zero-order valence-electron chi connectivity index (χ0n) is 16.7. The molecule has 1 aliphatic rings. The van der Waals surface area contributed by atoms with Gasteiger partial charge in [-0.15, -0.1) is 0 Å². The highest BCUT2D eigenvalue weighted by atomic mass is 79.9. The Kier molecular flexibility index (Phi) is 5.72. The smallest absolute Gasteiger partial charge is 0.417 e. The first-order chi connectivity index (χ1) is 15.5. The van der Waals surface area contributed by atoms with Crippen molar-refractivity contribution in [2.45, 2.75) is 26.3 Å². The van der Waals surface area contributed by atoms with Crippen LogP contribution in [0.1, 0.15) is 37.5 Å². The van der Waals surface area contributed by atoms with E-state index in [1.54, 1.807) is 19.1 Å². The molecule has 2 heterocycles. The third-order valence-corrected chi connectivity index (χ3v) is 5.60. The molecule has 6 nitrogen and oxygen atoms in total. The summed E-state index contributed by atoms with van der Waals surface area (Å²) in [5, 5.41) is 3.33. The molecule has 0 aliphatic carbocycles. The number of ether oxygens (including phenoxy) is 1. The molecule has 0 atom stereocenters. The van der Waals surface area contributed by atoms with Crippen LogP contribution in [0.25, 0.3) is 0 Å². The minimum absolute atomic E-state index is 0.232. The third-order valence-electron chi connectivity index (χ3n) is 4.94. The Morgan fingerprint density at radius 1 is 1.09 bits per heavy atom. The molecule has 0 saturated carbocycles. The summed E-state index contributed by atoms with van der Waals surface area (Å²) >= 11 is 3.27. The number of alkyl halides is 5. The molecule has 3 aromatic rings. The van der Waals surface area contributed by atoms with Gasteiger partial charge in [0.1, 0.15) is 0 Å². The lowest BCUT2D eigenvalue weighted by Crippen LogP contribution is -2.30. The summed E-state index contributed by atoms with van der Waals surface area (Å²) in [6.45, 7) is -2.04. The summed E-state index contributed by atoms with van der Waals surface area (Å²) in [5.74, 6) is -1.78. The lowest BCUT2D eigenvalue weighted by Gasteiger charge is -2.18. The average molecular weight is 530 g/mol. The number of halogens is 6. The van der Waals surface area contributed by atoms with E-state index in [1.165, 1.54) is 24.3 Å². The van der Waals surface area contributed by atoms with Gasteiger partial charge >= 0.3 is 12.8 Å². The van der Waals surface area contributed by atoms with Gasteiger partial charge in [-0.3, -0.25) is 9.59 Å². The number of rotatable bonds is 5. The van der Waals surface area contributed by atoms with Crippen LogP contribution in [0.2, 0.25) is 0 Å². The van der Waals surface area contributed by atoms with Gasteiger partial charge in [-0.25, -0.2) is 9.58 Å². The fraction of sp³-hybridized carbons (Fsp3) is 0.190. The number of aryl methyl sites for hydroxylation is 1. The van der Waals surface area contributed by atoms with E-state index in [0.29, 0.717) is 26.3 Å². The van der Waals surface area contributed by atoms with E-state index >= 15 is 0 Å². The first-order valence-corrected chi connectivity index (χ1v) is 10.1. The Morgan fingerprint density at radius 2 is 1.82 bits per heavy atom. The highest BCUT2D eigenvalue weighted by Gasteiger charge is 2.39. The maximum Gasteiger partial charge on any atom is 0.435 e. The molecule has 1 aromatic heterocycles. The van der Waals surface area contributed by atoms with E-state index in [0.717, 1.165) is 4.90 Å². The van der Waals surface area contributed by atoms with Crippen molar-refractivity contribution >= 4 is 33.4 Å². The Bertz CT molecular complexity index is 1270. The van der Waals surface area contributed by atoms with Crippen molar-refractivity contribution < 1.29 is 36.3 Å². The quantitative estimate of drug-likeness (QED) is 0.327. The molecule has 0 spiro atoms. The average Bonchev–Trinajstić information content (AvgIpc) is 3.22. The number of carbonyl (C=O) groups is 2. The van der Waals surface area contributed by atoms with Crippen LogP contribution >= 0.6 is 15.9 Å². The molecule has 33 heavy (non-hydrogen) atoms. The van der Waals surface area contributed by atoms with Crippen LogP contribution in [0.4, 0.5) is 27.6 Å². The molecular formula is C21H13BrF5N3O3. The minimum atomic E-state index is -4.84. The minimum Gasteiger partial charge on any atom is -0.417 e. The number of anilines is 1. The number of carbonyl (C=O) groups excluding carboxylic acids is 2. The summed E-state index contributed by atoms with van der Waals surface area (Å²) in [6.07, 6.45) is -4.84. The van der Waals surface area contributed by atoms with Crippen LogP contribution in [0.3, 0.4) is 0 Å². The topological polar surface area (TPSA) is 64.4 Å². The van der Waals surface area contributed by atoms with E-state index in [4.69, 9.17) is 0 Å². The largest absolute Gasteiger partial charge is 0.435 e. The second-order valence-electron chi connectivity index (χ2n) is 7.13. The number of benzene rings is 2. The maximum atomic E-state index is 13.0. The zero-order chi connectivity index (χ0) is 24.1. The summed E-state index contributed by atoms with van der Waals surface area (Å²) < 4.78 is 69.5. The number of nitrogens with zero attached hydrogens (tertiary/aromatic N) is 3. The molecule has 0 bridgehead atoms. The van der Waals surface area contributed by atoms with Crippen LogP contribution in [0, 0.1) is 6.92 Å². The van der Waals surface area contributed by atoms with E-state index < -0.39 is 36.2 Å². The monoisotopic (exact) mass is 529 g/mol. The van der Waals surface area contributed by atoms with Crippen molar-refractivity contribution in [3.63, 3.8) is 0 Å². The van der Waals surface area contributed by atoms with Gasteiger partial charge in [0.05, 0.1) is 23.4 Å². The van der Waals surface area contributed by atoms with Gasteiger partial charge in [0.25, 0.3) is 11.8 Å². The van der Waals surface area contributed by atoms with Crippen molar-refractivity contribution in [3.05, 3.63) is 74.9 Å². The second kappa shape index (κ2) is 8.25. The van der Waals surface area contributed by atoms with E-state index in [2.05, 4.69) is 25.8 Å². The molecule has 1 aliphatic heterocycles. The fourth-order valence-electron chi connectivity index (χ4n) is 3.54. The predicted molar refractivity (Wildman–Crippen MR) is 109 cm³/mol. The number of imide groups is 1. The predicted octanol–water partition coefficient (Wildman–Crippen LogP) is 5.42. The maximum absolute atomic E-state index is 13.0. The van der Waals surface area contributed by atoms with Crippen molar-refractivity contribution in [1.82, 2.24) is 9.78 Å². The van der Waals surface area contributed by atoms with E-state index in [-0.39, 0.29) is 23.4 Å². The zero-order valence-corrected chi connectivity index (χ0v) is 18.2. The summed E-state index contributed by atoms with van der Waals surface area (Å²) in [5.41, 5.74) is 0.252. The standard InChI is InChI=1S/C21H13BrF5N3O3/c1-10-7-11(9-29-16(33-20(23)24)8-15(28-29)21(25,26)27)5-6-14(10)30-18(31)12-3-2-4-13(22)17(12)19(30)32/h2-8,20H,9H2,1H3. The molecule has 12 heteroatoms. The molecule has 2 amide bonds. The van der Waals surface area contributed by atoms with Crippen LogP contribution < -0.4 is 9.64 Å². The van der Waals surface area contributed by atoms with Gasteiger partial charge < -0.3 is 4.74 Å². The molecule has 0 N–H and O–H groups in total. The van der Waals surface area contributed by atoms with Gasteiger partial charge in [-0.2, -0.15) is 27.1 Å². The number of hydrogen-bond donors (Lipinski definition) is 0. The molecule has 0 saturated heterocycles. The van der Waals surface area contributed by atoms with Crippen LogP contribution in [-0.2, 0) is 12.7 Å². The lowest BCUT2D eigenvalue weighted by molar-refractivity contribution is -0.141. The van der Waals surface area contributed by atoms with Crippen LogP contribution in [0.15, 0.2) is 46.9 Å². The number of aromatic nitrogens is 2. The Labute approximate surface area is 191 Å². The van der Waals surface area contributed by atoms with Crippen molar-refractivity contribution in [2.75, 3.05) is 4.90 Å². The molecule has 172 valence electrons. The van der Waals surface area contributed by atoms with Gasteiger partial charge in [0.15, 0.2) is 5.69 Å². The summed E-state index contributed by atoms with van der Waals surface area (Å²) in [6, 6.07) is 9.64. The third kappa shape index (κ3) is 4.22. The van der Waals surface area contributed by atoms with Gasteiger partial charge in [0, 0.05) is 10.5 Å². The van der Waals surface area contributed by atoms with E-state index in [9.17, 15) is 31.5 Å². The van der Waals surface area contributed by atoms with Gasteiger partial charge in [-0.1, -0.05) is 18.2 Å². The Balaban J connectivity index is 1.65. The van der Waals surface area contributed by atoms with Crippen molar-refractivity contribution in [2.24, 2.45) is 0 Å². The second-order valence-corrected chi connectivity index (χ2v) is 7.99. The number of fused-ring (bicyclic) bond motifs is 1. The lowest BCUT2D eigenvalue weighted by atomic mass is 10.1.